The predicted octanol–water partition coefficient (Wildman–Crippen LogP) is 3.72. The summed E-state index contributed by atoms with van der Waals surface area (Å²) >= 11 is 5.79. The average Bonchev–Trinajstić information content (AvgIpc) is 2.27. The van der Waals surface area contributed by atoms with Gasteiger partial charge in [0.1, 0.15) is 11.2 Å². The first-order chi connectivity index (χ1) is 7.20. The zero-order chi connectivity index (χ0) is 10.8. The second-order valence-electron chi connectivity index (χ2n) is 3.39. The molecule has 2 rings (SSSR count). The van der Waals surface area contributed by atoms with Crippen molar-refractivity contribution in [1.82, 2.24) is 4.98 Å². The number of fused-ring (bicyclic) bond motifs is 1. The molecule has 0 aliphatic carbocycles. The average molecular weight is 221 g/mol. The lowest BCUT2D eigenvalue weighted by Crippen LogP contribution is -1.88. The monoisotopic (exact) mass is 220 g/mol. The Hall–Kier alpha value is -1.48. The van der Waals surface area contributed by atoms with E-state index in [0.29, 0.717) is 5.15 Å². The molecule has 0 amide bonds. The van der Waals surface area contributed by atoms with Gasteiger partial charge in [0.2, 0.25) is 0 Å². The van der Waals surface area contributed by atoms with E-state index in [4.69, 9.17) is 11.6 Å². The Morgan fingerprint density at radius 1 is 1.33 bits per heavy atom. The summed E-state index contributed by atoms with van der Waals surface area (Å²) in [6.07, 6.45) is 1.71. The lowest BCUT2D eigenvalue weighted by Gasteiger charge is -2.04. The summed E-state index contributed by atoms with van der Waals surface area (Å²) in [6.45, 7) is 1.76. The smallest absolute Gasteiger partial charge is 0.129 e. The summed E-state index contributed by atoms with van der Waals surface area (Å²) in [4.78, 5) is 14.4. The van der Waals surface area contributed by atoms with Gasteiger partial charge in [-0.1, -0.05) is 28.9 Å². The van der Waals surface area contributed by atoms with Crippen LogP contribution in [0, 0.1) is 4.91 Å². The van der Waals surface area contributed by atoms with Gasteiger partial charge in [0.05, 0.1) is 0 Å². The van der Waals surface area contributed by atoms with Crippen LogP contribution in [-0.4, -0.2) is 4.98 Å². The maximum atomic E-state index is 10.4. The Kier molecular flexibility index (Phi) is 2.64. The normalized spacial score (nSPS) is 12.7. The molecule has 1 aromatic carbocycles. The lowest BCUT2D eigenvalue weighted by atomic mass is 10.0. The standard InChI is InChI=1S/C11H9ClN2O/c1-7(14-15)8-2-3-9-6-13-11(12)5-10(9)4-8/h2-7H,1H3/t7-/m1/s1. The van der Waals surface area contributed by atoms with Gasteiger partial charge < -0.3 is 0 Å². The largest absolute Gasteiger partial charge is 0.244 e. The van der Waals surface area contributed by atoms with E-state index in [1.807, 2.05) is 18.2 Å². The van der Waals surface area contributed by atoms with Crippen LogP contribution in [0.25, 0.3) is 10.8 Å². The van der Waals surface area contributed by atoms with Crippen LogP contribution < -0.4 is 0 Å². The van der Waals surface area contributed by atoms with Crippen LogP contribution >= 0.6 is 11.6 Å². The molecule has 0 bridgehead atoms. The molecule has 0 radical (unpaired) electrons. The lowest BCUT2D eigenvalue weighted by molar-refractivity contribution is 0.813. The molecule has 0 fully saturated rings. The quantitative estimate of drug-likeness (QED) is 0.572. The van der Waals surface area contributed by atoms with Gasteiger partial charge in [-0.05, 0) is 30.0 Å². The van der Waals surface area contributed by atoms with Crippen molar-refractivity contribution in [2.24, 2.45) is 5.18 Å². The summed E-state index contributed by atoms with van der Waals surface area (Å²) in [5.41, 5.74) is 0.889. The van der Waals surface area contributed by atoms with Gasteiger partial charge in [0.15, 0.2) is 0 Å². The first-order valence-electron chi connectivity index (χ1n) is 4.58. The Morgan fingerprint density at radius 2 is 2.13 bits per heavy atom. The van der Waals surface area contributed by atoms with Crippen LogP contribution in [-0.2, 0) is 0 Å². The van der Waals surface area contributed by atoms with E-state index in [-0.39, 0.29) is 6.04 Å². The summed E-state index contributed by atoms with van der Waals surface area (Å²) in [5, 5.41) is 5.42. The molecule has 1 atom stereocenters. The summed E-state index contributed by atoms with van der Waals surface area (Å²) in [5.74, 6) is 0. The van der Waals surface area contributed by atoms with Crippen LogP contribution in [0.2, 0.25) is 5.15 Å². The Labute approximate surface area is 92.1 Å². The number of nitrogens with zero attached hydrogens (tertiary/aromatic N) is 2. The minimum atomic E-state index is -0.332. The number of hydrogen-bond donors (Lipinski definition) is 0. The van der Waals surface area contributed by atoms with Gasteiger partial charge in [-0.3, -0.25) is 0 Å². The van der Waals surface area contributed by atoms with Gasteiger partial charge in [-0.25, -0.2) is 4.98 Å². The van der Waals surface area contributed by atoms with Gasteiger partial charge in [0, 0.05) is 11.6 Å². The number of pyridine rings is 1. The fourth-order valence-corrected chi connectivity index (χ4v) is 1.62. The molecule has 1 aromatic heterocycles. The molecule has 0 spiro atoms. The van der Waals surface area contributed by atoms with Crippen molar-refractivity contribution >= 4 is 22.4 Å². The van der Waals surface area contributed by atoms with Gasteiger partial charge in [0.25, 0.3) is 0 Å². The highest BCUT2D eigenvalue weighted by Gasteiger charge is 2.05. The second kappa shape index (κ2) is 3.95. The van der Waals surface area contributed by atoms with E-state index in [2.05, 4.69) is 10.2 Å². The van der Waals surface area contributed by atoms with Crippen molar-refractivity contribution in [3.05, 3.63) is 46.1 Å². The SMILES string of the molecule is C[C@@H](N=O)c1ccc2cnc(Cl)cc2c1. The van der Waals surface area contributed by atoms with Gasteiger partial charge >= 0.3 is 0 Å². The maximum Gasteiger partial charge on any atom is 0.129 e. The van der Waals surface area contributed by atoms with Crippen LogP contribution in [0.15, 0.2) is 35.6 Å². The Balaban J connectivity index is 2.58. The molecule has 0 N–H and O–H groups in total. The number of aromatic nitrogens is 1. The van der Waals surface area contributed by atoms with Gasteiger partial charge in [-0.15, -0.1) is 0 Å². The summed E-state index contributed by atoms with van der Waals surface area (Å²) < 4.78 is 0. The number of rotatable bonds is 2. The molecule has 0 saturated heterocycles. The summed E-state index contributed by atoms with van der Waals surface area (Å²) in [6, 6.07) is 7.15. The highest BCUT2D eigenvalue weighted by atomic mass is 35.5. The van der Waals surface area contributed by atoms with E-state index in [0.717, 1.165) is 16.3 Å². The first-order valence-corrected chi connectivity index (χ1v) is 4.96. The highest BCUT2D eigenvalue weighted by Crippen LogP contribution is 2.23. The third-order valence-electron chi connectivity index (χ3n) is 2.35. The third kappa shape index (κ3) is 1.97. The van der Waals surface area contributed by atoms with Crippen LogP contribution in [0.5, 0.6) is 0 Å². The number of nitroso groups, excluding NO2 is 1. The molecule has 3 nitrogen and oxygen atoms in total. The number of hydrogen-bond acceptors (Lipinski definition) is 3. The van der Waals surface area contributed by atoms with Crippen molar-refractivity contribution < 1.29 is 0 Å². The van der Waals surface area contributed by atoms with E-state index < -0.39 is 0 Å². The van der Waals surface area contributed by atoms with Crippen molar-refractivity contribution in [3.8, 4) is 0 Å². The molecule has 0 aliphatic heterocycles. The zero-order valence-corrected chi connectivity index (χ0v) is 8.90. The van der Waals surface area contributed by atoms with E-state index in [9.17, 15) is 4.91 Å². The van der Waals surface area contributed by atoms with E-state index in [1.165, 1.54) is 0 Å². The van der Waals surface area contributed by atoms with Crippen molar-refractivity contribution in [3.63, 3.8) is 0 Å². The predicted molar refractivity (Wildman–Crippen MR) is 61.0 cm³/mol. The third-order valence-corrected chi connectivity index (χ3v) is 2.56. The molecule has 4 heteroatoms. The van der Waals surface area contributed by atoms with Crippen molar-refractivity contribution in [2.75, 3.05) is 0 Å². The van der Waals surface area contributed by atoms with Crippen molar-refractivity contribution in [2.45, 2.75) is 13.0 Å². The molecule has 15 heavy (non-hydrogen) atoms. The Morgan fingerprint density at radius 3 is 2.87 bits per heavy atom. The van der Waals surface area contributed by atoms with Crippen LogP contribution in [0.1, 0.15) is 18.5 Å². The summed E-state index contributed by atoms with van der Waals surface area (Å²) in [7, 11) is 0. The highest BCUT2D eigenvalue weighted by molar-refractivity contribution is 6.30. The fraction of sp³-hybridized carbons (Fsp3) is 0.182. The van der Waals surface area contributed by atoms with Crippen LogP contribution in [0.3, 0.4) is 0 Å². The zero-order valence-electron chi connectivity index (χ0n) is 8.14. The number of halogens is 1. The molecule has 0 saturated carbocycles. The molecular formula is C11H9ClN2O. The van der Waals surface area contributed by atoms with E-state index >= 15 is 0 Å². The molecular weight excluding hydrogens is 212 g/mol. The molecule has 0 unspecified atom stereocenters. The van der Waals surface area contributed by atoms with Crippen molar-refractivity contribution in [1.29, 1.82) is 0 Å². The minimum absolute atomic E-state index is 0.332. The fourth-order valence-electron chi connectivity index (χ4n) is 1.45. The Bertz CT molecular complexity index is 513. The number of benzene rings is 1. The molecule has 76 valence electrons. The first kappa shape index (κ1) is 10.1. The van der Waals surface area contributed by atoms with E-state index in [1.54, 1.807) is 19.2 Å². The van der Waals surface area contributed by atoms with Gasteiger partial charge in [-0.2, -0.15) is 4.91 Å². The minimum Gasteiger partial charge on any atom is -0.244 e. The molecule has 0 aliphatic rings. The molecule has 2 aromatic rings. The molecule has 1 heterocycles. The second-order valence-corrected chi connectivity index (χ2v) is 3.78. The van der Waals surface area contributed by atoms with Crippen LogP contribution in [0.4, 0.5) is 0 Å². The maximum absolute atomic E-state index is 10.4. The topological polar surface area (TPSA) is 42.3 Å².